The molecule has 1 fully saturated rings. The number of hydrogen-bond acceptors (Lipinski definition) is 2. The van der Waals surface area contributed by atoms with Crippen molar-refractivity contribution in [3.8, 4) is 0 Å². The van der Waals surface area contributed by atoms with E-state index in [1.54, 1.807) is 0 Å². The molecule has 2 rings (SSSR count). The summed E-state index contributed by atoms with van der Waals surface area (Å²) in [6.45, 7) is 6.60. The van der Waals surface area contributed by atoms with Gasteiger partial charge >= 0.3 is 6.09 Å². The van der Waals surface area contributed by atoms with Gasteiger partial charge in [-0.15, -0.1) is 0 Å². The molecule has 0 radical (unpaired) electrons. The predicted octanol–water partition coefficient (Wildman–Crippen LogP) is 6.26. The van der Waals surface area contributed by atoms with Crippen molar-refractivity contribution in [2.45, 2.75) is 76.9 Å². The van der Waals surface area contributed by atoms with Crippen LogP contribution in [0.3, 0.4) is 0 Å². The van der Waals surface area contributed by atoms with E-state index in [9.17, 15) is 4.79 Å². The molecule has 0 saturated carbocycles. The minimum absolute atomic E-state index is 0.169. The summed E-state index contributed by atoms with van der Waals surface area (Å²) >= 11 is 3.54. The molecule has 4 heteroatoms. The average Bonchev–Trinajstić information content (AvgIpc) is 2.78. The molecule has 1 aromatic rings. The van der Waals surface area contributed by atoms with Gasteiger partial charge in [-0.1, -0.05) is 59.1 Å². The fourth-order valence-corrected chi connectivity index (χ4v) is 4.16. The number of hydrogen-bond donors (Lipinski definition) is 0. The van der Waals surface area contributed by atoms with Crippen molar-refractivity contribution in [1.82, 2.24) is 4.90 Å². The van der Waals surface area contributed by atoms with E-state index in [4.69, 9.17) is 4.74 Å². The number of benzene rings is 1. The lowest BCUT2D eigenvalue weighted by molar-refractivity contribution is -0.00774. The molecule has 1 amide bonds. The smallest absolute Gasteiger partial charge is 0.411 e. The molecule has 1 aliphatic rings. The second-order valence-corrected chi connectivity index (χ2v) is 8.78. The van der Waals surface area contributed by atoms with Gasteiger partial charge in [-0.3, -0.25) is 4.90 Å². The lowest BCUT2D eigenvalue weighted by Gasteiger charge is -2.44. The van der Waals surface area contributed by atoms with Crippen LogP contribution in [0.25, 0.3) is 0 Å². The van der Waals surface area contributed by atoms with E-state index in [2.05, 4.69) is 40.2 Å². The third-order valence-corrected chi connectivity index (χ3v) is 5.45. The normalized spacial score (nSPS) is 21.7. The summed E-state index contributed by atoms with van der Waals surface area (Å²) in [4.78, 5) is 15.1. The molecule has 1 heterocycles. The Kier molecular flexibility index (Phi) is 7.36. The zero-order valence-corrected chi connectivity index (χ0v) is 17.5. The lowest BCUT2D eigenvalue weighted by atomic mass is 9.80. The van der Waals surface area contributed by atoms with Crippen LogP contribution in [-0.4, -0.2) is 28.5 Å². The van der Waals surface area contributed by atoms with Gasteiger partial charge in [0.15, 0.2) is 0 Å². The second-order valence-electron chi connectivity index (χ2n) is 7.99. The number of carbonyl (C=O) groups is 1. The Morgan fingerprint density at radius 1 is 1.16 bits per heavy atom. The van der Waals surface area contributed by atoms with Crippen LogP contribution in [0.15, 0.2) is 30.3 Å². The highest BCUT2D eigenvalue weighted by molar-refractivity contribution is 9.09. The molecule has 3 nitrogen and oxygen atoms in total. The topological polar surface area (TPSA) is 29.5 Å². The van der Waals surface area contributed by atoms with Gasteiger partial charge in [0, 0.05) is 11.9 Å². The summed E-state index contributed by atoms with van der Waals surface area (Å²) in [5.41, 5.74) is 0.529. The highest BCUT2D eigenvalue weighted by atomic mass is 79.9. The molecule has 1 unspecified atom stereocenters. The Hall–Kier alpha value is -1.03. The van der Waals surface area contributed by atoms with Crippen molar-refractivity contribution in [3.63, 3.8) is 0 Å². The number of carbonyl (C=O) groups excluding carboxylic acids is 1. The van der Waals surface area contributed by atoms with Crippen LogP contribution >= 0.6 is 15.9 Å². The van der Waals surface area contributed by atoms with Gasteiger partial charge in [-0.25, -0.2) is 4.79 Å². The summed E-state index contributed by atoms with van der Waals surface area (Å²) in [6.07, 6.45) is 7.43. The van der Waals surface area contributed by atoms with E-state index >= 15 is 0 Å². The molecule has 1 aliphatic heterocycles. The van der Waals surface area contributed by atoms with E-state index in [-0.39, 0.29) is 11.6 Å². The predicted molar refractivity (Wildman–Crippen MR) is 107 cm³/mol. The Morgan fingerprint density at radius 3 is 2.52 bits per heavy atom. The van der Waals surface area contributed by atoms with Gasteiger partial charge in [0.2, 0.25) is 0 Å². The molecule has 1 saturated heterocycles. The Labute approximate surface area is 161 Å². The summed E-state index contributed by atoms with van der Waals surface area (Å²) in [5, 5.41) is 1.00. The molecule has 140 valence electrons. The quantitative estimate of drug-likeness (QED) is 0.424. The largest absolute Gasteiger partial charge is 0.444 e. The van der Waals surface area contributed by atoms with Crippen molar-refractivity contribution in [2.24, 2.45) is 0 Å². The summed E-state index contributed by atoms with van der Waals surface area (Å²) in [7, 11) is 0. The maximum Gasteiger partial charge on any atom is 0.411 e. The Morgan fingerprint density at radius 2 is 1.88 bits per heavy atom. The van der Waals surface area contributed by atoms with E-state index in [0.717, 1.165) is 50.4 Å². The molecule has 0 bridgehead atoms. The van der Waals surface area contributed by atoms with Crippen LogP contribution in [0.4, 0.5) is 4.79 Å². The molecular weight excluding hydrogens is 378 g/mol. The number of nitrogens with zero attached hydrogens (tertiary/aromatic N) is 1. The summed E-state index contributed by atoms with van der Waals surface area (Å²) in [5.74, 6) is 0. The highest BCUT2D eigenvalue weighted by Crippen LogP contribution is 2.41. The van der Waals surface area contributed by atoms with Crippen molar-refractivity contribution in [2.75, 3.05) is 11.9 Å². The number of unbranched alkanes of at least 4 members (excludes halogenated alkanes) is 1. The molecule has 0 aliphatic carbocycles. The minimum atomic E-state index is -0.471. The SMILES string of the molecule is CC(C)(C)OC(=O)N1CCCCCC1(CCCCBr)c1ccccc1. The second kappa shape index (κ2) is 9.07. The molecule has 1 atom stereocenters. The number of amides is 1. The fourth-order valence-electron chi connectivity index (χ4n) is 3.76. The molecule has 25 heavy (non-hydrogen) atoms. The van der Waals surface area contributed by atoms with Gasteiger partial charge in [0.25, 0.3) is 0 Å². The van der Waals surface area contributed by atoms with Crippen molar-refractivity contribution < 1.29 is 9.53 Å². The summed E-state index contributed by atoms with van der Waals surface area (Å²) < 4.78 is 5.79. The molecule has 0 spiro atoms. The number of likely N-dealkylation sites (tertiary alicyclic amines) is 1. The zero-order chi connectivity index (χ0) is 18.3. The van der Waals surface area contributed by atoms with Crippen molar-refractivity contribution in [3.05, 3.63) is 35.9 Å². The van der Waals surface area contributed by atoms with Gasteiger partial charge in [0.1, 0.15) is 5.60 Å². The molecular formula is C21H32BrNO2. The first kappa shape index (κ1) is 20.3. The van der Waals surface area contributed by atoms with Crippen LogP contribution in [0.5, 0.6) is 0 Å². The van der Waals surface area contributed by atoms with E-state index in [1.165, 1.54) is 12.0 Å². The lowest BCUT2D eigenvalue weighted by Crippen LogP contribution is -2.51. The summed E-state index contributed by atoms with van der Waals surface area (Å²) in [6, 6.07) is 10.6. The fraction of sp³-hybridized carbons (Fsp3) is 0.667. The zero-order valence-electron chi connectivity index (χ0n) is 15.9. The average molecular weight is 410 g/mol. The Bertz CT molecular complexity index is 541. The third kappa shape index (κ3) is 5.47. The molecule has 0 aromatic heterocycles. The van der Waals surface area contributed by atoms with Gasteiger partial charge in [0.05, 0.1) is 5.54 Å². The highest BCUT2D eigenvalue weighted by Gasteiger charge is 2.43. The first-order valence-corrected chi connectivity index (χ1v) is 10.6. The van der Waals surface area contributed by atoms with Crippen LogP contribution in [0.1, 0.15) is 71.3 Å². The van der Waals surface area contributed by atoms with Gasteiger partial charge in [-0.2, -0.15) is 0 Å². The van der Waals surface area contributed by atoms with Gasteiger partial charge in [-0.05, 0) is 58.4 Å². The van der Waals surface area contributed by atoms with Crippen molar-refractivity contribution in [1.29, 1.82) is 0 Å². The molecule has 0 N–H and O–H groups in total. The van der Waals surface area contributed by atoms with E-state index in [0.29, 0.717) is 0 Å². The first-order valence-electron chi connectivity index (χ1n) is 9.51. The van der Waals surface area contributed by atoms with Crippen LogP contribution in [0.2, 0.25) is 0 Å². The van der Waals surface area contributed by atoms with Crippen molar-refractivity contribution >= 4 is 22.0 Å². The number of ether oxygens (including phenoxy) is 1. The van der Waals surface area contributed by atoms with E-state index in [1.807, 2.05) is 31.7 Å². The van der Waals surface area contributed by atoms with E-state index < -0.39 is 5.60 Å². The first-order chi connectivity index (χ1) is 11.9. The number of rotatable bonds is 5. The number of halogens is 1. The Balaban J connectivity index is 2.40. The van der Waals surface area contributed by atoms with Crippen LogP contribution in [0, 0.1) is 0 Å². The number of alkyl halides is 1. The van der Waals surface area contributed by atoms with Gasteiger partial charge < -0.3 is 4.74 Å². The maximum absolute atomic E-state index is 13.1. The van der Waals surface area contributed by atoms with Crippen LogP contribution in [-0.2, 0) is 10.3 Å². The monoisotopic (exact) mass is 409 g/mol. The third-order valence-electron chi connectivity index (χ3n) is 4.89. The standard InChI is InChI=1S/C21H32BrNO2/c1-20(2,3)25-19(24)23-17-11-5-8-14-21(23,15-9-10-16-22)18-12-6-4-7-13-18/h4,6-7,12-13H,5,8-11,14-17H2,1-3H3. The molecule has 1 aromatic carbocycles. The minimum Gasteiger partial charge on any atom is -0.444 e. The maximum atomic E-state index is 13.1. The van der Waals surface area contributed by atoms with Crippen LogP contribution < -0.4 is 0 Å².